The van der Waals surface area contributed by atoms with E-state index in [9.17, 15) is 4.79 Å². The molecule has 1 aromatic carbocycles. The first-order chi connectivity index (χ1) is 9.91. The van der Waals surface area contributed by atoms with Gasteiger partial charge in [-0.25, -0.2) is 4.99 Å². The highest BCUT2D eigenvalue weighted by Gasteiger charge is 2.40. The van der Waals surface area contributed by atoms with Crippen LogP contribution in [-0.4, -0.2) is 29.6 Å². The lowest BCUT2D eigenvalue weighted by Gasteiger charge is -2.30. The van der Waals surface area contributed by atoms with E-state index >= 15 is 0 Å². The Morgan fingerprint density at radius 3 is 2.38 bits per heavy atom. The zero-order valence-corrected chi connectivity index (χ0v) is 13.5. The van der Waals surface area contributed by atoms with Crippen LogP contribution < -0.4 is 0 Å². The lowest BCUT2D eigenvalue weighted by Crippen LogP contribution is -2.45. The summed E-state index contributed by atoms with van der Waals surface area (Å²) in [5.74, 6) is 0.131. The highest BCUT2D eigenvalue weighted by atomic mass is 16.2. The topological polar surface area (TPSA) is 32.7 Å². The first kappa shape index (κ1) is 14.3. The van der Waals surface area contributed by atoms with Crippen LogP contribution in [0.25, 0.3) is 0 Å². The summed E-state index contributed by atoms with van der Waals surface area (Å²) in [6.45, 7) is 10.2. The molecule has 2 heterocycles. The molecule has 0 spiro atoms. The van der Waals surface area contributed by atoms with Crippen LogP contribution in [0.3, 0.4) is 0 Å². The molecule has 0 radical (unpaired) electrons. The summed E-state index contributed by atoms with van der Waals surface area (Å²) >= 11 is 0. The van der Waals surface area contributed by atoms with Gasteiger partial charge in [-0.2, -0.15) is 0 Å². The highest BCUT2D eigenvalue weighted by Crippen LogP contribution is 2.41. The van der Waals surface area contributed by atoms with E-state index in [0.29, 0.717) is 5.71 Å². The fraction of sp³-hybridized carbons (Fsp3) is 0.556. The average Bonchev–Trinajstić information content (AvgIpc) is 2.71. The first-order valence-electron chi connectivity index (χ1n) is 7.91. The molecule has 0 aromatic heterocycles. The zero-order chi connectivity index (χ0) is 15.2. The summed E-state index contributed by atoms with van der Waals surface area (Å²) in [4.78, 5) is 19.5. The average molecular weight is 284 g/mol. The Balaban J connectivity index is 1.97. The molecule has 1 saturated heterocycles. The number of hydrogen-bond donors (Lipinski definition) is 0. The monoisotopic (exact) mass is 284 g/mol. The third-order valence-corrected chi connectivity index (χ3v) is 4.96. The van der Waals surface area contributed by atoms with Crippen molar-refractivity contribution < 1.29 is 4.79 Å². The minimum absolute atomic E-state index is 0.131. The molecule has 0 saturated carbocycles. The molecule has 0 unspecified atom stereocenters. The molecule has 3 heteroatoms. The molecule has 2 aliphatic rings. The van der Waals surface area contributed by atoms with Crippen molar-refractivity contribution in [1.82, 2.24) is 4.90 Å². The summed E-state index contributed by atoms with van der Waals surface area (Å²) in [6.07, 6.45) is 3.47. The molecule has 0 N–H and O–H groups in total. The number of rotatable bonds is 1. The molecule has 0 bridgehead atoms. The second-order valence-corrected chi connectivity index (χ2v) is 6.89. The van der Waals surface area contributed by atoms with Gasteiger partial charge in [0, 0.05) is 18.5 Å². The van der Waals surface area contributed by atoms with Gasteiger partial charge in [0.05, 0.1) is 5.69 Å². The van der Waals surface area contributed by atoms with Gasteiger partial charge in [0.1, 0.15) is 5.71 Å². The van der Waals surface area contributed by atoms with E-state index in [4.69, 9.17) is 4.99 Å². The standard InChI is InChI=1S/C18H24N2O/c1-12-10-14-15(11-13(12)2)19-16(18(14,3)4)17(21)20-8-6-5-7-9-20/h10-11H,5-9H2,1-4H3. The number of aryl methyl sites for hydroxylation is 2. The Morgan fingerprint density at radius 1 is 1.10 bits per heavy atom. The molecular formula is C18H24N2O. The Kier molecular flexibility index (Phi) is 3.39. The summed E-state index contributed by atoms with van der Waals surface area (Å²) in [5.41, 5.74) is 5.09. The van der Waals surface area contributed by atoms with Crippen molar-refractivity contribution in [2.45, 2.75) is 52.4 Å². The van der Waals surface area contributed by atoms with Gasteiger partial charge in [-0.05, 0) is 69.7 Å². The van der Waals surface area contributed by atoms with Crippen LogP contribution in [0.2, 0.25) is 0 Å². The van der Waals surface area contributed by atoms with Crippen molar-refractivity contribution >= 4 is 17.3 Å². The minimum atomic E-state index is -0.289. The molecule has 1 fully saturated rings. The quantitative estimate of drug-likeness (QED) is 0.774. The van der Waals surface area contributed by atoms with Crippen molar-refractivity contribution in [3.8, 4) is 0 Å². The lowest BCUT2D eigenvalue weighted by molar-refractivity contribution is -0.125. The van der Waals surface area contributed by atoms with Gasteiger partial charge < -0.3 is 4.90 Å². The number of fused-ring (bicyclic) bond motifs is 1. The number of piperidine rings is 1. The minimum Gasteiger partial charge on any atom is -0.338 e. The van der Waals surface area contributed by atoms with Crippen LogP contribution in [0.1, 0.15) is 49.8 Å². The molecular weight excluding hydrogens is 260 g/mol. The second kappa shape index (κ2) is 4.97. The van der Waals surface area contributed by atoms with Crippen molar-refractivity contribution in [2.24, 2.45) is 4.99 Å². The molecule has 21 heavy (non-hydrogen) atoms. The molecule has 1 amide bonds. The molecule has 112 valence electrons. The highest BCUT2D eigenvalue weighted by molar-refractivity contribution is 6.43. The Hall–Kier alpha value is -1.64. The van der Waals surface area contributed by atoms with E-state index in [0.717, 1.165) is 31.6 Å². The maximum Gasteiger partial charge on any atom is 0.269 e. The third-order valence-electron chi connectivity index (χ3n) is 4.96. The summed E-state index contributed by atoms with van der Waals surface area (Å²) in [6, 6.07) is 4.31. The summed E-state index contributed by atoms with van der Waals surface area (Å²) < 4.78 is 0. The number of benzene rings is 1. The largest absolute Gasteiger partial charge is 0.338 e. The van der Waals surface area contributed by atoms with E-state index in [1.807, 2.05) is 4.90 Å². The van der Waals surface area contributed by atoms with Crippen molar-refractivity contribution in [3.63, 3.8) is 0 Å². The van der Waals surface area contributed by atoms with Gasteiger partial charge in [0.25, 0.3) is 5.91 Å². The van der Waals surface area contributed by atoms with Gasteiger partial charge in [0.15, 0.2) is 0 Å². The number of aliphatic imine (C=N–C) groups is 1. The van der Waals surface area contributed by atoms with Gasteiger partial charge >= 0.3 is 0 Å². The fourth-order valence-electron chi connectivity index (χ4n) is 3.34. The zero-order valence-electron chi connectivity index (χ0n) is 13.5. The van der Waals surface area contributed by atoms with Crippen molar-refractivity contribution in [2.75, 3.05) is 13.1 Å². The maximum absolute atomic E-state index is 12.8. The number of amides is 1. The van der Waals surface area contributed by atoms with Crippen LogP contribution >= 0.6 is 0 Å². The van der Waals surface area contributed by atoms with Crippen molar-refractivity contribution in [1.29, 1.82) is 0 Å². The third kappa shape index (κ3) is 2.29. The first-order valence-corrected chi connectivity index (χ1v) is 7.91. The van der Waals surface area contributed by atoms with Gasteiger partial charge in [-0.1, -0.05) is 6.07 Å². The van der Waals surface area contributed by atoms with E-state index < -0.39 is 0 Å². The molecule has 3 nitrogen and oxygen atoms in total. The molecule has 0 atom stereocenters. The van der Waals surface area contributed by atoms with E-state index in [1.54, 1.807) is 0 Å². The number of nitrogens with zero attached hydrogens (tertiary/aromatic N) is 2. The lowest BCUT2D eigenvalue weighted by atomic mass is 9.80. The molecule has 1 aromatic rings. The van der Waals surface area contributed by atoms with Crippen LogP contribution in [0.15, 0.2) is 17.1 Å². The SMILES string of the molecule is Cc1cc2c(cc1C)C(C)(C)C(C(=O)N1CCCCC1)=N2. The fourth-order valence-corrected chi connectivity index (χ4v) is 3.34. The van der Waals surface area contributed by atoms with Gasteiger partial charge in [-0.15, -0.1) is 0 Å². The van der Waals surface area contributed by atoms with Gasteiger partial charge in [0.2, 0.25) is 0 Å². The molecule has 0 aliphatic carbocycles. The second-order valence-electron chi connectivity index (χ2n) is 6.89. The molecule has 2 aliphatic heterocycles. The Labute approximate surface area is 127 Å². The number of carbonyl (C=O) groups excluding carboxylic acids is 1. The Morgan fingerprint density at radius 2 is 1.71 bits per heavy atom. The summed E-state index contributed by atoms with van der Waals surface area (Å²) in [5, 5.41) is 0. The van der Waals surface area contributed by atoms with Gasteiger partial charge in [-0.3, -0.25) is 4.79 Å². The number of hydrogen-bond acceptors (Lipinski definition) is 2. The summed E-state index contributed by atoms with van der Waals surface area (Å²) in [7, 11) is 0. The van der Waals surface area contributed by atoms with E-state index in [1.165, 1.54) is 23.1 Å². The molecule has 3 rings (SSSR count). The Bertz CT molecular complexity index is 622. The van der Waals surface area contributed by atoms with E-state index in [-0.39, 0.29) is 11.3 Å². The van der Waals surface area contributed by atoms with Crippen LogP contribution in [0, 0.1) is 13.8 Å². The number of carbonyl (C=O) groups is 1. The number of likely N-dealkylation sites (tertiary alicyclic amines) is 1. The normalized spacial score (nSPS) is 20.2. The van der Waals surface area contributed by atoms with Crippen LogP contribution in [-0.2, 0) is 10.2 Å². The van der Waals surface area contributed by atoms with Crippen LogP contribution in [0.4, 0.5) is 5.69 Å². The van der Waals surface area contributed by atoms with Crippen molar-refractivity contribution in [3.05, 3.63) is 28.8 Å². The van der Waals surface area contributed by atoms with E-state index in [2.05, 4.69) is 39.8 Å². The maximum atomic E-state index is 12.8. The smallest absolute Gasteiger partial charge is 0.269 e. The van der Waals surface area contributed by atoms with Crippen LogP contribution in [0.5, 0.6) is 0 Å². The predicted octanol–water partition coefficient (Wildman–Crippen LogP) is 3.68. The predicted molar refractivity (Wildman–Crippen MR) is 86.5 cm³/mol.